The standard InChI is InChI=1S/C16H36N2/c1-12(2)9-15(10-13(3)4)17-11-16(14(5)6)18(7)8/h12-17H,9-11H2,1-8H3. The molecular formula is C16H36N2. The Morgan fingerprint density at radius 3 is 1.56 bits per heavy atom. The molecule has 0 aromatic heterocycles. The van der Waals surface area contributed by atoms with Crippen molar-refractivity contribution in [2.24, 2.45) is 17.8 Å². The molecule has 0 spiro atoms. The monoisotopic (exact) mass is 256 g/mol. The van der Waals surface area contributed by atoms with Gasteiger partial charge in [-0.3, -0.25) is 0 Å². The van der Waals surface area contributed by atoms with Gasteiger partial charge in [0.05, 0.1) is 0 Å². The van der Waals surface area contributed by atoms with Crippen molar-refractivity contribution >= 4 is 0 Å². The molecule has 1 N–H and O–H groups in total. The van der Waals surface area contributed by atoms with Crippen LogP contribution in [0.25, 0.3) is 0 Å². The summed E-state index contributed by atoms with van der Waals surface area (Å²) < 4.78 is 0. The molecule has 2 nitrogen and oxygen atoms in total. The Kier molecular flexibility index (Phi) is 8.89. The Balaban J connectivity index is 4.30. The number of rotatable bonds is 9. The van der Waals surface area contributed by atoms with E-state index in [4.69, 9.17) is 0 Å². The molecular weight excluding hydrogens is 220 g/mol. The first kappa shape index (κ1) is 17.9. The third-order valence-electron chi connectivity index (χ3n) is 3.56. The third kappa shape index (κ3) is 8.10. The molecule has 0 aromatic rings. The van der Waals surface area contributed by atoms with Crippen molar-refractivity contribution in [3.05, 3.63) is 0 Å². The minimum Gasteiger partial charge on any atom is -0.312 e. The van der Waals surface area contributed by atoms with Crippen molar-refractivity contribution in [3.63, 3.8) is 0 Å². The second kappa shape index (κ2) is 8.92. The van der Waals surface area contributed by atoms with Gasteiger partial charge in [0.2, 0.25) is 0 Å². The second-order valence-corrected chi connectivity index (χ2v) is 7.14. The van der Waals surface area contributed by atoms with E-state index in [1.807, 2.05) is 0 Å². The van der Waals surface area contributed by atoms with E-state index < -0.39 is 0 Å². The largest absolute Gasteiger partial charge is 0.312 e. The molecule has 0 aliphatic carbocycles. The summed E-state index contributed by atoms with van der Waals surface area (Å²) in [5.74, 6) is 2.25. The van der Waals surface area contributed by atoms with Crippen molar-refractivity contribution < 1.29 is 0 Å². The van der Waals surface area contributed by atoms with Gasteiger partial charge in [-0.15, -0.1) is 0 Å². The first-order chi connectivity index (χ1) is 8.23. The molecule has 0 rings (SSSR count). The molecule has 0 fully saturated rings. The molecule has 18 heavy (non-hydrogen) atoms. The van der Waals surface area contributed by atoms with Crippen LogP contribution in [0.5, 0.6) is 0 Å². The van der Waals surface area contributed by atoms with Crippen LogP contribution in [0.15, 0.2) is 0 Å². The number of hydrogen-bond donors (Lipinski definition) is 1. The molecule has 0 aliphatic heterocycles. The maximum atomic E-state index is 3.80. The Morgan fingerprint density at radius 1 is 0.833 bits per heavy atom. The fourth-order valence-electron chi connectivity index (χ4n) is 2.70. The van der Waals surface area contributed by atoms with Gasteiger partial charge < -0.3 is 10.2 Å². The molecule has 0 amide bonds. The highest BCUT2D eigenvalue weighted by Gasteiger charge is 2.18. The van der Waals surface area contributed by atoms with Crippen LogP contribution in [0.1, 0.15) is 54.4 Å². The third-order valence-corrected chi connectivity index (χ3v) is 3.56. The lowest BCUT2D eigenvalue weighted by molar-refractivity contribution is 0.211. The minimum absolute atomic E-state index is 0.631. The van der Waals surface area contributed by atoms with Gasteiger partial charge in [-0.2, -0.15) is 0 Å². The summed E-state index contributed by atoms with van der Waals surface area (Å²) in [5, 5.41) is 3.80. The molecule has 1 unspecified atom stereocenters. The summed E-state index contributed by atoms with van der Waals surface area (Å²) >= 11 is 0. The van der Waals surface area contributed by atoms with Crippen molar-refractivity contribution in [3.8, 4) is 0 Å². The fraction of sp³-hybridized carbons (Fsp3) is 1.00. The minimum atomic E-state index is 0.631. The molecule has 0 aliphatic rings. The lowest BCUT2D eigenvalue weighted by atomic mass is 9.94. The molecule has 2 heteroatoms. The van der Waals surface area contributed by atoms with Gasteiger partial charge in [0.25, 0.3) is 0 Å². The Bertz CT molecular complexity index is 179. The van der Waals surface area contributed by atoms with Crippen LogP contribution in [0.2, 0.25) is 0 Å². The van der Waals surface area contributed by atoms with Crippen LogP contribution in [0.4, 0.5) is 0 Å². The molecule has 0 saturated heterocycles. The van der Waals surface area contributed by atoms with Gasteiger partial charge in [-0.05, 0) is 44.7 Å². The molecule has 0 bridgehead atoms. The van der Waals surface area contributed by atoms with Crippen molar-refractivity contribution in [1.82, 2.24) is 10.2 Å². The summed E-state index contributed by atoms with van der Waals surface area (Å²) in [7, 11) is 4.37. The van der Waals surface area contributed by atoms with Crippen LogP contribution >= 0.6 is 0 Å². The predicted molar refractivity (Wildman–Crippen MR) is 83.0 cm³/mol. The van der Waals surface area contributed by atoms with Crippen LogP contribution in [-0.4, -0.2) is 37.6 Å². The van der Waals surface area contributed by atoms with Gasteiger partial charge in [0, 0.05) is 18.6 Å². The average Bonchev–Trinajstić information content (AvgIpc) is 2.13. The van der Waals surface area contributed by atoms with E-state index in [1.54, 1.807) is 0 Å². The lowest BCUT2D eigenvalue weighted by Gasteiger charge is -2.31. The Labute approximate surface area is 116 Å². The highest BCUT2D eigenvalue weighted by Crippen LogP contribution is 2.14. The van der Waals surface area contributed by atoms with E-state index in [1.165, 1.54) is 12.8 Å². The quantitative estimate of drug-likeness (QED) is 0.678. The molecule has 0 saturated carbocycles. The van der Waals surface area contributed by atoms with Crippen LogP contribution in [0.3, 0.4) is 0 Å². The van der Waals surface area contributed by atoms with Crippen LogP contribution in [-0.2, 0) is 0 Å². The van der Waals surface area contributed by atoms with Crippen molar-refractivity contribution in [2.75, 3.05) is 20.6 Å². The van der Waals surface area contributed by atoms with E-state index in [-0.39, 0.29) is 0 Å². The van der Waals surface area contributed by atoms with Crippen molar-refractivity contribution in [2.45, 2.75) is 66.5 Å². The highest BCUT2D eigenvalue weighted by molar-refractivity contribution is 4.77. The molecule has 1 atom stereocenters. The number of hydrogen-bond acceptors (Lipinski definition) is 2. The Morgan fingerprint density at radius 2 is 1.28 bits per heavy atom. The van der Waals surface area contributed by atoms with E-state index in [9.17, 15) is 0 Å². The van der Waals surface area contributed by atoms with E-state index >= 15 is 0 Å². The topological polar surface area (TPSA) is 15.3 Å². The number of nitrogens with zero attached hydrogens (tertiary/aromatic N) is 1. The zero-order chi connectivity index (χ0) is 14.3. The highest BCUT2D eigenvalue weighted by atomic mass is 15.1. The SMILES string of the molecule is CC(C)CC(CC(C)C)NCC(C(C)C)N(C)C. The first-order valence-electron chi connectivity index (χ1n) is 7.63. The van der Waals surface area contributed by atoms with Gasteiger partial charge >= 0.3 is 0 Å². The lowest BCUT2D eigenvalue weighted by Crippen LogP contribution is -2.45. The summed E-state index contributed by atoms with van der Waals surface area (Å²) in [6.45, 7) is 15.0. The van der Waals surface area contributed by atoms with Gasteiger partial charge in [0.15, 0.2) is 0 Å². The maximum absolute atomic E-state index is 3.80. The molecule has 0 heterocycles. The van der Waals surface area contributed by atoms with Crippen LogP contribution in [0, 0.1) is 17.8 Å². The van der Waals surface area contributed by atoms with Gasteiger partial charge in [0.1, 0.15) is 0 Å². The van der Waals surface area contributed by atoms with E-state index in [2.05, 4.69) is 65.9 Å². The zero-order valence-electron chi connectivity index (χ0n) is 14.0. The summed E-state index contributed by atoms with van der Waals surface area (Å²) in [4.78, 5) is 2.35. The zero-order valence-corrected chi connectivity index (χ0v) is 14.0. The van der Waals surface area contributed by atoms with E-state index in [0.29, 0.717) is 18.0 Å². The first-order valence-corrected chi connectivity index (χ1v) is 7.63. The van der Waals surface area contributed by atoms with Gasteiger partial charge in [-0.1, -0.05) is 41.5 Å². The smallest absolute Gasteiger partial charge is 0.0237 e. The Hall–Kier alpha value is -0.0800. The van der Waals surface area contributed by atoms with Gasteiger partial charge in [-0.25, -0.2) is 0 Å². The van der Waals surface area contributed by atoms with Crippen LogP contribution < -0.4 is 5.32 Å². The maximum Gasteiger partial charge on any atom is 0.0237 e. The normalized spacial score (nSPS) is 14.5. The van der Waals surface area contributed by atoms with E-state index in [0.717, 1.165) is 18.4 Å². The predicted octanol–water partition coefficient (Wildman–Crippen LogP) is 3.62. The van der Waals surface area contributed by atoms with Crippen molar-refractivity contribution in [1.29, 1.82) is 0 Å². The summed E-state index contributed by atoms with van der Waals surface area (Å²) in [6, 6.07) is 1.30. The fourth-order valence-corrected chi connectivity index (χ4v) is 2.70. The molecule has 0 radical (unpaired) electrons. The second-order valence-electron chi connectivity index (χ2n) is 7.14. The number of likely N-dealkylation sites (N-methyl/N-ethyl adjacent to an activating group) is 1. The average molecular weight is 256 g/mol. The molecule has 0 aromatic carbocycles. The number of nitrogens with one attached hydrogen (secondary N) is 1. The summed E-state index contributed by atoms with van der Waals surface area (Å²) in [5.41, 5.74) is 0. The summed E-state index contributed by atoms with van der Waals surface area (Å²) in [6.07, 6.45) is 2.58. The molecule has 110 valence electrons.